The topological polar surface area (TPSA) is 242 Å². The Morgan fingerprint density at radius 2 is 1.61 bits per heavy atom. The molecule has 0 amide bonds. The molecule has 1 aromatic carbocycles. The summed E-state index contributed by atoms with van der Waals surface area (Å²) in [4.78, 5) is 40.8. The van der Waals surface area contributed by atoms with Crippen molar-refractivity contribution in [3.05, 3.63) is 29.3 Å². The predicted molar refractivity (Wildman–Crippen MR) is 182 cm³/mol. The molecular formula is C37H46ClNO14S. The minimum absolute atomic E-state index is 0.152. The standard InChI is InChI=1S/C37H46ClNO14S/c1-12-20-23(34(5)35(6,47)32(46)53-37(34)31(12)52-37)26(43)21-19-22(28(50-14(3)41)30(45)36(20,21)13(2)40)33(4)17(11-18-27(51-18)29(33)44)24(25(19)42)39-54(48,49)16-9-7-15(38)8-10-16/h7-10,12,17-31,39,42-45,47H,11H2,1-6H3/t12-,17?,18-,19-,20-,21+,22+,23-,24-,25+,26+,27-,28-,29-,30-,31+,33-,34-,35+,36+,37-/m0/s1. The molecule has 1 unspecified atom stereocenters. The van der Waals surface area contributed by atoms with Crippen LogP contribution in [-0.4, -0.2) is 118 Å². The number of sulfonamides is 1. The monoisotopic (exact) mass is 795 g/mol. The van der Waals surface area contributed by atoms with Gasteiger partial charge < -0.3 is 44.5 Å². The summed E-state index contributed by atoms with van der Waals surface area (Å²) in [6, 6.07) is 4.07. The number of carbonyl (C=O) groups is 3. The molecule has 0 radical (unpaired) electrons. The van der Waals surface area contributed by atoms with Crippen molar-refractivity contribution in [1.29, 1.82) is 0 Å². The summed E-state index contributed by atoms with van der Waals surface area (Å²) >= 11 is 6.05. The van der Waals surface area contributed by atoms with Gasteiger partial charge in [-0.25, -0.2) is 17.9 Å². The van der Waals surface area contributed by atoms with Crippen LogP contribution in [-0.2, 0) is 43.4 Å². The molecule has 8 fully saturated rings. The van der Waals surface area contributed by atoms with E-state index in [2.05, 4.69) is 4.72 Å². The molecule has 15 nitrogen and oxygen atoms in total. The van der Waals surface area contributed by atoms with E-state index in [1.807, 2.05) is 0 Å². The van der Waals surface area contributed by atoms with Gasteiger partial charge in [0.25, 0.3) is 0 Å². The quantitative estimate of drug-likeness (QED) is 0.169. The van der Waals surface area contributed by atoms with Crippen LogP contribution in [0.5, 0.6) is 0 Å². The average molecular weight is 796 g/mol. The number of aliphatic hydroxyl groups is 5. The van der Waals surface area contributed by atoms with Gasteiger partial charge in [0.15, 0.2) is 5.60 Å². The van der Waals surface area contributed by atoms with Gasteiger partial charge in [0.05, 0.1) is 46.2 Å². The highest BCUT2D eigenvalue weighted by molar-refractivity contribution is 7.89. The van der Waals surface area contributed by atoms with Crippen LogP contribution in [0.3, 0.4) is 0 Å². The Bertz CT molecular complexity index is 1960. The van der Waals surface area contributed by atoms with Gasteiger partial charge in [-0.1, -0.05) is 25.4 Å². The molecule has 5 saturated carbocycles. The van der Waals surface area contributed by atoms with Gasteiger partial charge in [-0.2, -0.15) is 0 Å². The van der Waals surface area contributed by atoms with E-state index in [-0.39, 0.29) is 11.3 Å². The first-order valence-electron chi connectivity index (χ1n) is 18.5. The van der Waals surface area contributed by atoms with Gasteiger partial charge in [-0.05, 0) is 75.1 Å². The lowest BCUT2D eigenvalue weighted by Gasteiger charge is -2.67. The number of ketones is 1. The van der Waals surface area contributed by atoms with Gasteiger partial charge in [0, 0.05) is 35.1 Å². The highest BCUT2D eigenvalue weighted by Gasteiger charge is 2.93. The summed E-state index contributed by atoms with van der Waals surface area (Å²) < 4.78 is 54.6. The molecule has 3 heterocycles. The van der Waals surface area contributed by atoms with E-state index in [4.69, 9.17) is 30.5 Å². The van der Waals surface area contributed by atoms with Crippen molar-refractivity contribution in [3.63, 3.8) is 0 Å². The van der Waals surface area contributed by atoms with E-state index in [9.17, 15) is 48.3 Å². The largest absolute Gasteiger partial charge is 0.459 e. The number of ether oxygens (including phenoxy) is 4. The van der Waals surface area contributed by atoms with E-state index in [0.29, 0.717) is 5.02 Å². The smallest absolute Gasteiger partial charge is 0.341 e. The third-order valence-electron chi connectivity index (χ3n) is 16.0. The predicted octanol–water partition coefficient (Wildman–Crippen LogP) is -0.0881. The number of aliphatic hydroxyl groups excluding tert-OH is 4. The second-order valence-corrected chi connectivity index (χ2v) is 19.9. The van der Waals surface area contributed by atoms with Gasteiger partial charge in [0.2, 0.25) is 15.8 Å². The Morgan fingerprint density at radius 1 is 0.963 bits per heavy atom. The lowest BCUT2D eigenvalue weighted by Crippen LogP contribution is -2.77. The molecule has 17 heteroatoms. The van der Waals surface area contributed by atoms with E-state index >= 15 is 0 Å². The van der Waals surface area contributed by atoms with Crippen molar-refractivity contribution in [1.82, 2.24) is 4.72 Å². The fraction of sp³-hybridized carbons (Fsp3) is 0.757. The Hall–Kier alpha value is -2.25. The molecule has 54 heavy (non-hydrogen) atoms. The van der Waals surface area contributed by atoms with Crippen molar-refractivity contribution < 1.29 is 67.3 Å². The molecule has 1 spiro atoms. The third-order valence-corrected chi connectivity index (χ3v) is 17.7. The molecule has 3 aliphatic heterocycles. The maximum Gasteiger partial charge on any atom is 0.341 e. The number of halogens is 1. The molecule has 9 rings (SSSR count). The molecule has 0 bridgehead atoms. The fourth-order valence-electron chi connectivity index (χ4n) is 13.7. The van der Waals surface area contributed by atoms with Gasteiger partial charge in [-0.15, -0.1) is 0 Å². The summed E-state index contributed by atoms with van der Waals surface area (Å²) in [6.45, 7) is 8.62. The highest BCUT2D eigenvalue weighted by atomic mass is 35.5. The van der Waals surface area contributed by atoms with Crippen LogP contribution in [0.2, 0.25) is 5.02 Å². The average Bonchev–Trinajstić information content (AvgIpc) is 3.99. The van der Waals surface area contributed by atoms with Crippen LogP contribution in [0.4, 0.5) is 0 Å². The molecule has 21 atom stereocenters. The number of benzene rings is 1. The maximum atomic E-state index is 14.6. The van der Waals surface area contributed by atoms with Crippen molar-refractivity contribution >= 4 is 39.3 Å². The lowest BCUT2D eigenvalue weighted by molar-refractivity contribution is -0.278. The van der Waals surface area contributed by atoms with Gasteiger partial charge >= 0.3 is 11.9 Å². The first-order valence-corrected chi connectivity index (χ1v) is 20.4. The maximum absolute atomic E-state index is 14.6. The van der Waals surface area contributed by atoms with Crippen LogP contribution < -0.4 is 4.72 Å². The van der Waals surface area contributed by atoms with Crippen LogP contribution in [0.1, 0.15) is 48.0 Å². The van der Waals surface area contributed by atoms with Crippen LogP contribution in [0.15, 0.2) is 29.2 Å². The minimum Gasteiger partial charge on any atom is -0.459 e. The number of esters is 2. The Labute approximate surface area is 316 Å². The number of fused-ring (bicyclic) bond motifs is 9. The number of Topliss-reactive ketones (excluding diaryl/α,β-unsaturated/α-hetero) is 1. The zero-order chi connectivity index (χ0) is 39.2. The number of rotatable bonds is 5. The first kappa shape index (κ1) is 37.3. The normalized spacial score (nSPS) is 56.1. The lowest BCUT2D eigenvalue weighted by atomic mass is 9.39. The SMILES string of the molecule is CC(=O)O[C@H]1[C@H]2[C@@H]([C@@H](O)[C@@H](NS(=O)(=O)c3ccc(Cl)cc3)C3C[C@@H]4O[C@@H]4[C@H](O)[C@@]32C)[C@@H]2[C@@H](O)[C@@H]3[C@H]([C@H](C)[C@H]4O[C@]45OC(=O)[C@@](C)(O)[C@]35C)[C@@]2(C(C)=O)[C@H]1O. The number of hydrogen-bond donors (Lipinski definition) is 6. The highest BCUT2D eigenvalue weighted by Crippen LogP contribution is 2.80. The molecule has 1 aromatic rings. The summed E-state index contributed by atoms with van der Waals surface area (Å²) in [5.41, 5.74) is -7.39. The Balaban J connectivity index is 1.27. The Kier molecular flexibility index (Phi) is 7.62. The zero-order valence-electron chi connectivity index (χ0n) is 30.5. The molecule has 0 aromatic heterocycles. The van der Waals surface area contributed by atoms with Crippen molar-refractivity contribution in [2.24, 2.45) is 57.7 Å². The molecule has 6 N–H and O–H groups in total. The van der Waals surface area contributed by atoms with Crippen molar-refractivity contribution in [2.45, 2.75) is 119 Å². The molecule has 3 saturated heterocycles. The molecular weight excluding hydrogens is 750 g/mol. The van der Waals surface area contributed by atoms with Crippen LogP contribution in [0, 0.1) is 57.7 Å². The van der Waals surface area contributed by atoms with E-state index in [1.165, 1.54) is 38.1 Å². The summed E-state index contributed by atoms with van der Waals surface area (Å²) in [6.07, 6.45) is -9.85. The minimum atomic E-state index is -4.39. The molecule has 5 aliphatic carbocycles. The van der Waals surface area contributed by atoms with Crippen molar-refractivity contribution in [2.75, 3.05) is 0 Å². The third kappa shape index (κ3) is 4.06. The fourth-order valence-corrected chi connectivity index (χ4v) is 15.1. The van der Waals surface area contributed by atoms with E-state index < -0.39 is 152 Å². The summed E-state index contributed by atoms with van der Waals surface area (Å²) in [5.74, 6) is -11.7. The summed E-state index contributed by atoms with van der Waals surface area (Å²) in [5, 5.41) is 63.1. The first-order chi connectivity index (χ1) is 25.1. The van der Waals surface area contributed by atoms with E-state index in [1.54, 1.807) is 20.8 Å². The van der Waals surface area contributed by atoms with Crippen LogP contribution >= 0.6 is 11.6 Å². The number of hydrogen-bond acceptors (Lipinski definition) is 14. The number of carbonyl (C=O) groups excluding carboxylic acids is 3. The number of nitrogens with one attached hydrogen (secondary N) is 1. The molecule has 296 valence electrons. The second kappa shape index (κ2) is 11.0. The van der Waals surface area contributed by atoms with Crippen LogP contribution in [0.25, 0.3) is 0 Å². The van der Waals surface area contributed by atoms with Gasteiger partial charge in [0.1, 0.15) is 30.2 Å². The zero-order valence-corrected chi connectivity index (χ0v) is 32.0. The second-order valence-electron chi connectivity index (χ2n) is 17.8. The number of epoxide rings is 2. The van der Waals surface area contributed by atoms with Crippen molar-refractivity contribution in [3.8, 4) is 0 Å². The summed E-state index contributed by atoms with van der Waals surface area (Å²) in [7, 11) is -4.39. The van der Waals surface area contributed by atoms with Gasteiger partial charge in [-0.3, -0.25) is 9.59 Å². The molecule has 8 aliphatic rings. The van der Waals surface area contributed by atoms with E-state index in [0.717, 1.165) is 6.92 Å². The Morgan fingerprint density at radius 3 is 2.22 bits per heavy atom.